The Bertz CT molecular complexity index is 963. The van der Waals surface area contributed by atoms with Crippen LogP contribution in [0.5, 0.6) is 5.75 Å². The van der Waals surface area contributed by atoms with E-state index in [4.69, 9.17) is 4.84 Å². The molecule has 28 heavy (non-hydrogen) atoms. The van der Waals surface area contributed by atoms with E-state index in [2.05, 4.69) is 43.6 Å². The lowest BCUT2D eigenvalue weighted by Gasteiger charge is -2.20. The van der Waals surface area contributed by atoms with E-state index in [1.54, 1.807) is 13.1 Å². The van der Waals surface area contributed by atoms with E-state index < -0.39 is 5.97 Å². The fraction of sp³-hybridized carbons (Fsp3) is 0.208. The Hall–Kier alpha value is -3.11. The van der Waals surface area contributed by atoms with Crippen LogP contribution < -0.4 is 10.3 Å². The van der Waals surface area contributed by atoms with E-state index in [0.29, 0.717) is 12.2 Å². The summed E-state index contributed by atoms with van der Waals surface area (Å²) in [6, 6.07) is 19.9. The lowest BCUT2D eigenvalue weighted by Crippen LogP contribution is -2.17. The van der Waals surface area contributed by atoms with Crippen molar-refractivity contribution in [1.29, 1.82) is 0 Å². The van der Waals surface area contributed by atoms with Crippen LogP contribution in [0.4, 0.5) is 0 Å². The van der Waals surface area contributed by atoms with Gasteiger partial charge in [0.2, 0.25) is 0 Å². The minimum Gasteiger partial charge on any atom is -0.478 e. The molecule has 0 amide bonds. The number of rotatable bonds is 7. The molecular weight excluding hydrogens is 350 g/mol. The molecule has 0 aliphatic rings. The molecule has 0 heterocycles. The van der Waals surface area contributed by atoms with Gasteiger partial charge in [-0.1, -0.05) is 67.1 Å². The molecule has 4 nitrogen and oxygen atoms in total. The predicted molar refractivity (Wildman–Crippen MR) is 112 cm³/mol. The second-order valence-corrected chi connectivity index (χ2v) is 6.76. The average molecular weight is 375 g/mol. The van der Waals surface area contributed by atoms with E-state index in [-0.39, 0.29) is 5.56 Å². The minimum absolute atomic E-state index is 0.160. The number of aryl methyl sites for hydroxylation is 1. The molecule has 0 aromatic heterocycles. The van der Waals surface area contributed by atoms with Crippen molar-refractivity contribution >= 4 is 5.97 Å². The molecule has 0 saturated carbocycles. The molecule has 0 fully saturated rings. The van der Waals surface area contributed by atoms with E-state index in [0.717, 1.165) is 34.2 Å². The van der Waals surface area contributed by atoms with Gasteiger partial charge in [0.1, 0.15) is 5.56 Å². The molecule has 0 aliphatic carbocycles. The maximum atomic E-state index is 12.0. The molecule has 4 heteroatoms. The van der Waals surface area contributed by atoms with Crippen LogP contribution in [0.1, 0.15) is 39.5 Å². The van der Waals surface area contributed by atoms with Crippen molar-refractivity contribution in [2.45, 2.75) is 26.7 Å². The number of hydroxylamine groups is 1. The largest absolute Gasteiger partial charge is 0.478 e. The number of carboxylic acids is 1. The van der Waals surface area contributed by atoms with Gasteiger partial charge in [-0.25, -0.2) is 4.79 Å². The summed E-state index contributed by atoms with van der Waals surface area (Å²) in [5.41, 5.74) is 9.05. The van der Waals surface area contributed by atoms with Crippen molar-refractivity contribution in [1.82, 2.24) is 5.48 Å². The Morgan fingerprint density at radius 2 is 1.75 bits per heavy atom. The first-order valence-electron chi connectivity index (χ1n) is 9.41. The van der Waals surface area contributed by atoms with Crippen molar-refractivity contribution in [2.24, 2.45) is 0 Å². The molecule has 144 valence electrons. The van der Waals surface area contributed by atoms with Gasteiger partial charge in [-0.3, -0.25) is 0 Å². The van der Waals surface area contributed by atoms with Crippen LogP contribution in [-0.2, 0) is 12.8 Å². The third-order valence-electron chi connectivity index (χ3n) is 4.85. The third kappa shape index (κ3) is 4.07. The van der Waals surface area contributed by atoms with Gasteiger partial charge >= 0.3 is 5.97 Å². The standard InChI is InChI=1S/C24H25NO3/c1-4-20-19(14-17-12-10-16(2)11-13-17)15-21(24(26)27)23(28-25-3)22(20)18-8-6-5-7-9-18/h5-13,15,25H,4,14H2,1-3H3,(H,26,27). The minimum atomic E-state index is -1.00. The molecule has 3 aromatic rings. The molecule has 0 bridgehead atoms. The lowest BCUT2D eigenvalue weighted by atomic mass is 9.87. The normalized spacial score (nSPS) is 10.7. The van der Waals surface area contributed by atoms with Crippen LogP contribution in [0.25, 0.3) is 11.1 Å². The van der Waals surface area contributed by atoms with Gasteiger partial charge in [0, 0.05) is 12.6 Å². The molecule has 0 saturated heterocycles. The number of carboxylic acid groups (broad SMARTS) is 1. The highest BCUT2D eigenvalue weighted by Crippen LogP contribution is 2.39. The number of carbonyl (C=O) groups is 1. The maximum absolute atomic E-state index is 12.0. The summed E-state index contributed by atoms with van der Waals surface area (Å²) in [5.74, 6) is -0.652. The van der Waals surface area contributed by atoms with Crippen LogP contribution in [0.15, 0.2) is 60.7 Å². The zero-order valence-corrected chi connectivity index (χ0v) is 16.5. The van der Waals surface area contributed by atoms with E-state index in [1.807, 2.05) is 30.3 Å². The van der Waals surface area contributed by atoms with Crippen LogP contribution in [0.3, 0.4) is 0 Å². The Labute approximate surface area is 165 Å². The van der Waals surface area contributed by atoms with Gasteiger partial charge in [0.15, 0.2) is 5.75 Å². The van der Waals surface area contributed by atoms with Crippen molar-refractivity contribution in [3.05, 3.63) is 88.5 Å². The number of aromatic carboxylic acids is 1. The number of nitrogens with one attached hydrogen (secondary N) is 1. The highest BCUT2D eigenvalue weighted by Gasteiger charge is 2.23. The topological polar surface area (TPSA) is 58.6 Å². The Balaban J connectivity index is 2.26. The summed E-state index contributed by atoms with van der Waals surface area (Å²) in [4.78, 5) is 17.6. The Morgan fingerprint density at radius 1 is 1.07 bits per heavy atom. The third-order valence-corrected chi connectivity index (χ3v) is 4.85. The Kier molecular flexibility index (Phi) is 6.12. The smallest absolute Gasteiger partial charge is 0.339 e. The Morgan fingerprint density at radius 3 is 2.32 bits per heavy atom. The number of hydrogen-bond donors (Lipinski definition) is 2. The SMILES string of the molecule is CCc1c(Cc2ccc(C)cc2)cc(C(=O)O)c(ONC)c1-c1ccccc1. The van der Waals surface area contributed by atoms with Crippen LogP contribution >= 0.6 is 0 Å². The van der Waals surface area contributed by atoms with E-state index in [1.165, 1.54) is 5.56 Å². The summed E-state index contributed by atoms with van der Waals surface area (Å²) in [6.45, 7) is 4.14. The predicted octanol–water partition coefficient (Wildman–Crippen LogP) is 5.03. The van der Waals surface area contributed by atoms with Gasteiger partial charge in [-0.2, -0.15) is 5.48 Å². The monoisotopic (exact) mass is 375 g/mol. The second-order valence-electron chi connectivity index (χ2n) is 6.76. The van der Waals surface area contributed by atoms with Gasteiger partial charge in [0.25, 0.3) is 0 Å². The first-order chi connectivity index (χ1) is 13.5. The summed E-state index contributed by atoms with van der Waals surface area (Å²) >= 11 is 0. The summed E-state index contributed by atoms with van der Waals surface area (Å²) in [5, 5.41) is 9.85. The van der Waals surface area contributed by atoms with Crippen molar-refractivity contribution in [3.8, 4) is 16.9 Å². The molecule has 3 rings (SSSR count). The summed E-state index contributed by atoms with van der Waals surface area (Å²) in [7, 11) is 1.63. The number of benzene rings is 3. The fourth-order valence-electron chi connectivity index (χ4n) is 3.52. The van der Waals surface area contributed by atoms with Gasteiger partial charge in [-0.05, 0) is 48.1 Å². The zero-order valence-electron chi connectivity index (χ0n) is 16.5. The van der Waals surface area contributed by atoms with Crippen LogP contribution in [0.2, 0.25) is 0 Å². The van der Waals surface area contributed by atoms with E-state index in [9.17, 15) is 9.90 Å². The quantitative estimate of drug-likeness (QED) is 0.569. The molecule has 0 radical (unpaired) electrons. The molecule has 0 unspecified atom stereocenters. The van der Waals surface area contributed by atoms with Gasteiger partial charge in [-0.15, -0.1) is 0 Å². The van der Waals surface area contributed by atoms with Crippen molar-refractivity contribution in [3.63, 3.8) is 0 Å². The first-order valence-corrected chi connectivity index (χ1v) is 9.41. The van der Waals surface area contributed by atoms with Crippen molar-refractivity contribution in [2.75, 3.05) is 7.05 Å². The van der Waals surface area contributed by atoms with Crippen LogP contribution in [-0.4, -0.2) is 18.1 Å². The molecule has 0 spiro atoms. The zero-order chi connectivity index (χ0) is 20.1. The second kappa shape index (κ2) is 8.72. The maximum Gasteiger partial charge on any atom is 0.339 e. The summed E-state index contributed by atoms with van der Waals surface area (Å²) in [6.07, 6.45) is 1.44. The average Bonchev–Trinajstić information content (AvgIpc) is 2.70. The van der Waals surface area contributed by atoms with Gasteiger partial charge in [0.05, 0.1) is 0 Å². The lowest BCUT2D eigenvalue weighted by molar-refractivity contribution is 0.0689. The molecule has 2 N–H and O–H groups in total. The van der Waals surface area contributed by atoms with Crippen molar-refractivity contribution < 1.29 is 14.7 Å². The summed E-state index contributed by atoms with van der Waals surface area (Å²) < 4.78 is 0. The first kappa shape index (κ1) is 19.6. The molecule has 3 aromatic carbocycles. The van der Waals surface area contributed by atoms with Gasteiger partial charge < -0.3 is 9.94 Å². The van der Waals surface area contributed by atoms with E-state index >= 15 is 0 Å². The highest BCUT2D eigenvalue weighted by atomic mass is 16.6. The van der Waals surface area contributed by atoms with Crippen LogP contribution in [0, 0.1) is 6.92 Å². The fourth-order valence-corrected chi connectivity index (χ4v) is 3.52. The molecule has 0 aliphatic heterocycles. The highest BCUT2D eigenvalue weighted by molar-refractivity contribution is 5.96. The number of hydrogen-bond acceptors (Lipinski definition) is 3. The molecule has 0 atom stereocenters. The molecular formula is C24H25NO3.